The van der Waals surface area contributed by atoms with Gasteiger partial charge in [0.05, 0.1) is 20.6 Å². The average molecular weight is 472 g/mol. The number of carbonyl (C=O) groups excluding carboxylic acids is 1. The lowest BCUT2D eigenvalue weighted by molar-refractivity contribution is -0.141. The molecule has 1 heterocycles. The van der Waals surface area contributed by atoms with Crippen LogP contribution in [0.2, 0.25) is 0 Å². The molecule has 0 bridgehead atoms. The van der Waals surface area contributed by atoms with Crippen LogP contribution in [0, 0.1) is 5.92 Å². The van der Waals surface area contributed by atoms with Crippen molar-refractivity contribution >= 4 is 11.7 Å². The van der Waals surface area contributed by atoms with Crippen LogP contribution in [0.15, 0.2) is 60.7 Å². The van der Waals surface area contributed by atoms with E-state index < -0.39 is 0 Å². The number of hydrogen-bond acceptors (Lipinski definition) is 5. The second-order valence-corrected chi connectivity index (χ2v) is 9.67. The summed E-state index contributed by atoms with van der Waals surface area (Å²) in [5, 5.41) is 0. The summed E-state index contributed by atoms with van der Waals surface area (Å²) >= 11 is 0. The number of anilines is 1. The van der Waals surface area contributed by atoms with Crippen LogP contribution in [0.1, 0.15) is 60.8 Å². The van der Waals surface area contributed by atoms with Gasteiger partial charge in [-0.15, -0.1) is 0 Å². The number of benzene rings is 3. The lowest BCUT2D eigenvalue weighted by Gasteiger charge is -2.34. The summed E-state index contributed by atoms with van der Waals surface area (Å²) in [7, 11) is 3.13. The van der Waals surface area contributed by atoms with Gasteiger partial charge in [-0.25, -0.2) is 0 Å². The fourth-order valence-electron chi connectivity index (χ4n) is 5.30. The third kappa shape index (κ3) is 4.86. The number of methoxy groups -OCH3 is 2. The van der Waals surface area contributed by atoms with E-state index >= 15 is 0 Å². The van der Waals surface area contributed by atoms with Gasteiger partial charge in [0.15, 0.2) is 0 Å². The molecule has 0 radical (unpaired) electrons. The van der Waals surface area contributed by atoms with Crippen molar-refractivity contribution in [2.45, 2.75) is 50.5 Å². The van der Waals surface area contributed by atoms with Gasteiger partial charge in [0.2, 0.25) is 0 Å². The van der Waals surface area contributed by atoms with Gasteiger partial charge in [0, 0.05) is 11.3 Å². The fraction of sp³-hybridized carbons (Fsp3) is 0.367. The molecule has 2 N–H and O–H groups in total. The molecule has 0 saturated heterocycles. The minimum atomic E-state index is -0.143. The maximum Gasteiger partial charge on any atom is 0.306 e. The highest BCUT2D eigenvalue weighted by molar-refractivity contribution is 5.77. The number of hydrogen-bond donors (Lipinski definition) is 1. The molecule has 1 aliphatic heterocycles. The lowest BCUT2D eigenvalue weighted by atomic mass is 9.71. The van der Waals surface area contributed by atoms with Crippen molar-refractivity contribution in [2.24, 2.45) is 5.92 Å². The highest BCUT2D eigenvalue weighted by atomic mass is 16.5. The number of aryl methyl sites for hydroxylation is 1. The molecule has 5 heteroatoms. The van der Waals surface area contributed by atoms with Crippen molar-refractivity contribution in [3.05, 3.63) is 77.4 Å². The summed E-state index contributed by atoms with van der Waals surface area (Å²) in [6, 6.07) is 20.7. The molecule has 182 valence electrons. The summed E-state index contributed by atoms with van der Waals surface area (Å²) in [5.74, 6) is 2.32. The fourth-order valence-corrected chi connectivity index (χ4v) is 5.30. The molecule has 0 aromatic heterocycles. The van der Waals surface area contributed by atoms with E-state index in [2.05, 4.69) is 42.5 Å². The Morgan fingerprint density at radius 1 is 1.03 bits per heavy atom. The SMILES string of the molecule is COC(=O)CC(c1ccc2c(c1)OC(c1ccc(-c3cc(OC)ccc3N)cc1)CC2)C1CCC1. The molecule has 3 aromatic rings. The van der Waals surface area contributed by atoms with Crippen molar-refractivity contribution < 1.29 is 19.0 Å². The van der Waals surface area contributed by atoms with Crippen molar-refractivity contribution in [3.63, 3.8) is 0 Å². The van der Waals surface area contributed by atoms with Gasteiger partial charge >= 0.3 is 5.97 Å². The number of carbonyl (C=O) groups is 1. The normalized spacial score (nSPS) is 18.1. The lowest BCUT2D eigenvalue weighted by Crippen LogP contribution is -2.24. The van der Waals surface area contributed by atoms with Gasteiger partial charge < -0.3 is 19.9 Å². The Balaban J connectivity index is 1.35. The number of ether oxygens (including phenoxy) is 3. The molecule has 2 aliphatic rings. The predicted molar refractivity (Wildman–Crippen MR) is 138 cm³/mol. The zero-order chi connectivity index (χ0) is 24.4. The van der Waals surface area contributed by atoms with E-state index in [-0.39, 0.29) is 18.0 Å². The maximum absolute atomic E-state index is 12.1. The van der Waals surface area contributed by atoms with Crippen LogP contribution in [-0.4, -0.2) is 20.2 Å². The summed E-state index contributed by atoms with van der Waals surface area (Å²) in [4.78, 5) is 12.1. The van der Waals surface area contributed by atoms with E-state index in [9.17, 15) is 4.79 Å². The minimum absolute atomic E-state index is 0.00258. The van der Waals surface area contributed by atoms with Crippen LogP contribution in [-0.2, 0) is 16.0 Å². The molecule has 0 spiro atoms. The van der Waals surface area contributed by atoms with Gasteiger partial charge in [0.1, 0.15) is 17.6 Å². The minimum Gasteiger partial charge on any atom is -0.497 e. The summed E-state index contributed by atoms with van der Waals surface area (Å²) in [6.07, 6.45) is 5.91. The molecule has 0 amide bonds. The van der Waals surface area contributed by atoms with Crippen LogP contribution in [0.25, 0.3) is 11.1 Å². The smallest absolute Gasteiger partial charge is 0.306 e. The van der Waals surface area contributed by atoms with Crippen LogP contribution < -0.4 is 15.2 Å². The molecular weight excluding hydrogens is 438 g/mol. The zero-order valence-electron chi connectivity index (χ0n) is 20.5. The van der Waals surface area contributed by atoms with E-state index in [1.165, 1.54) is 37.5 Å². The third-order valence-electron chi connectivity index (χ3n) is 7.65. The molecule has 1 aliphatic carbocycles. The Bertz CT molecular complexity index is 1200. The first-order valence-corrected chi connectivity index (χ1v) is 12.5. The molecular formula is C30H33NO4. The monoisotopic (exact) mass is 471 g/mol. The van der Waals surface area contributed by atoms with Gasteiger partial charge in [-0.1, -0.05) is 42.8 Å². The van der Waals surface area contributed by atoms with Crippen molar-refractivity contribution in [3.8, 4) is 22.6 Å². The Morgan fingerprint density at radius 3 is 2.51 bits per heavy atom. The molecule has 2 atom stereocenters. The second-order valence-electron chi connectivity index (χ2n) is 9.67. The highest BCUT2D eigenvalue weighted by Gasteiger charge is 2.32. The van der Waals surface area contributed by atoms with Crippen LogP contribution >= 0.6 is 0 Å². The number of nitrogens with two attached hydrogens (primary N) is 1. The Labute approximate surface area is 207 Å². The topological polar surface area (TPSA) is 70.8 Å². The zero-order valence-corrected chi connectivity index (χ0v) is 20.5. The first-order valence-electron chi connectivity index (χ1n) is 12.5. The Morgan fingerprint density at radius 2 is 1.83 bits per heavy atom. The molecule has 2 unspecified atom stereocenters. The second kappa shape index (κ2) is 10.0. The standard InChI is InChI=1S/C30H33NO4/c1-33-24-13-14-27(31)26(17-24)20-6-8-21(9-7-20)28-15-12-22-10-11-23(16-29(22)35-28)25(18-30(32)34-2)19-4-3-5-19/h6-11,13-14,16-17,19,25,28H,3-5,12,15,18,31H2,1-2H3. The number of rotatable bonds is 7. The molecule has 5 rings (SSSR count). The number of nitrogen functional groups attached to an aromatic ring is 1. The molecule has 1 fully saturated rings. The van der Waals surface area contributed by atoms with E-state index in [0.29, 0.717) is 12.3 Å². The summed E-state index contributed by atoms with van der Waals surface area (Å²) < 4.78 is 16.9. The van der Waals surface area contributed by atoms with E-state index in [1.807, 2.05) is 18.2 Å². The third-order valence-corrected chi connectivity index (χ3v) is 7.65. The van der Waals surface area contributed by atoms with Crippen LogP contribution in [0.5, 0.6) is 11.5 Å². The molecule has 3 aromatic carbocycles. The molecule has 1 saturated carbocycles. The van der Waals surface area contributed by atoms with Gasteiger partial charge in [-0.05, 0) is 84.0 Å². The quantitative estimate of drug-likeness (QED) is 0.316. The molecule has 5 nitrogen and oxygen atoms in total. The highest BCUT2D eigenvalue weighted by Crippen LogP contribution is 2.44. The van der Waals surface area contributed by atoms with Gasteiger partial charge in [-0.3, -0.25) is 4.79 Å². The largest absolute Gasteiger partial charge is 0.497 e. The first kappa shape index (κ1) is 23.3. The van der Waals surface area contributed by atoms with Crippen molar-refractivity contribution in [1.29, 1.82) is 0 Å². The Kier molecular flexibility index (Phi) is 6.67. The van der Waals surface area contributed by atoms with Gasteiger partial charge in [0.25, 0.3) is 0 Å². The predicted octanol–water partition coefficient (Wildman–Crippen LogP) is 6.46. The summed E-state index contributed by atoms with van der Waals surface area (Å²) in [5.41, 5.74) is 12.5. The van der Waals surface area contributed by atoms with Crippen LogP contribution in [0.4, 0.5) is 5.69 Å². The van der Waals surface area contributed by atoms with Crippen LogP contribution in [0.3, 0.4) is 0 Å². The number of esters is 1. The van der Waals surface area contributed by atoms with Crippen molar-refractivity contribution in [2.75, 3.05) is 20.0 Å². The van der Waals surface area contributed by atoms with E-state index in [0.717, 1.165) is 46.7 Å². The first-order chi connectivity index (χ1) is 17.1. The Hall–Kier alpha value is -3.47. The summed E-state index contributed by atoms with van der Waals surface area (Å²) in [6.45, 7) is 0. The van der Waals surface area contributed by atoms with Gasteiger partial charge in [-0.2, -0.15) is 0 Å². The van der Waals surface area contributed by atoms with E-state index in [1.54, 1.807) is 7.11 Å². The molecule has 35 heavy (non-hydrogen) atoms. The number of fused-ring (bicyclic) bond motifs is 1. The maximum atomic E-state index is 12.1. The van der Waals surface area contributed by atoms with Crippen molar-refractivity contribution in [1.82, 2.24) is 0 Å². The van der Waals surface area contributed by atoms with E-state index in [4.69, 9.17) is 19.9 Å². The average Bonchev–Trinajstić information content (AvgIpc) is 2.87.